The molecule has 2 aromatic rings. The third-order valence-electron chi connectivity index (χ3n) is 4.28. The van der Waals surface area contributed by atoms with Crippen LogP contribution in [0.4, 0.5) is 10.1 Å². The number of Topliss-reactive ketones (excluding diaryl/α,β-unsaturated/α-hetero) is 1. The Bertz CT molecular complexity index is 970. The minimum atomic E-state index is -0.702. The van der Waals surface area contributed by atoms with Gasteiger partial charge in [-0.15, -0.1) is 0 Å². The van der Waals surface area contributed by atoms with Crippen molar-refractivity contribution in [3.05, 3.63) is 64.4 Å². The number of benzene rings is 2. The standard InChI is InChI=1S/C22H20ClFN2O4/c1-15-13-18(7-8-19(15)23)26(12-2-11-25)21(28)14-30-22(29)10-9-20(27)16-3-5-17(24)6-4-16/h3-8,13H,2,9-10,12,14H2,1H3. The monoisotopic (exact) mass is 430 g/mol. The molecule has 0 aliphatic rings. The first-order valence-electron chi connectivity index (χ1n) is 9.19. The van der Waals surface area contributed by atoms with Crippen molar-refractivity contribution in [2.24, 2.45) is 0 Å². The van der Waals surface area contributed by atoms with E-state index < -0.39 is 24.3 Å². The molecule has 156 valence electrons. The molecule has 2 aromatic carbocycles. The van der Waals surface area contributed by atoms with E-state index in [0.717, 1.165) is 5.56 Å². The second-order valence-electron chi connectivity index (χ2n) is 6.48. The summed E-state index contributed by atoms with van der Waals surface area (Å²) < 4.78 is 17.9. The number of amides is 1. The molecule has 0 N–H and O–H groups in total. The highest BCUT2D eigenvalue weighted by Gasteiger charge is 2.19. The largest absolute Gasteiger partial charge is 0.456 e. The van der Waals surface area contributed by atoms with E-state index in [9.17, 15) is 18.8 Å². The lowest BCUT2D eigenvalue weighted by Crippen LogP contribution is -2.35. The van der Waals surface area contributed by atoms with Gasteiger partial charge in [-0.3, -0.25) is 14.4 Å². The van der Waals surface area contributed by atoms with Crippen LogP contribution in [-0.2, 0) is 14.3 Å². The van der Waals surface area contributed by atoms with Gasteiger partial charge in [0.25, 0.3) is 5.91 Å². The molecule has 0 radical (unpaired) electrons. The maximum Gasteiger partial charge on any atom is 0.306 e. The first kappa shape index (κ1) is 23.0. The molecule has 0 bridgehead atoms. The number of aryl methyl sites for hydroxylation is 1. The van der Waals surface area contributed by atoms with E-state index in [2.05, 4.69) is 0 Å². The molecule has 8 heteroatoms. The number of anilines is 1. The summed E-state index contributed by atoms with van der Waals surface area (Å²) in [7, 11) is 0. The average Bonchev–Trinajstić information content (AvgIpc) is 2.73. The predicted octanol–water partition coefficient (Wildman–Crippen LogP) is 4.24. The predicted molar refractivity (Wildman–Crippen MR) is 110 cm³/mol. The van der Waals surface area contributed by atoms with Crippen molar-refractivity contribution in [1.29, 1.82) is 5.26 Å². The summed E-state index contributed by atoms with van der Waals surface area (Å²) in [5.41, 5.74) is 1.60. The van der Waals surface area contributed by atoms with E-state index in [4.69, 9.17) is 21.6 Å². The van der Waals surface area contributed by atoms with Crippen LogP contribution in [0.15, 0.2) is 42.5 Å². The summed E-state index contributed by atoms with van der Waals surface area (Å²) in [6.07, 6.45) is -0.220. The summed E-state index contributed by atoms with van der Waals surface area (Å²) in [6.45, 7) is 1.41. The van der Waals surface area contributed by atoms with Gasteiger partial charge in [-0.2, -0.15) is 5.26 Å². The SMILES string of the molecule is Cc1cc(N(CCC#N)C(=O)COC(=O)CCC(=O)c2ccc(F)cc2)ccc1Cl. The molecule has 0 unspecified atom stereocenters. The minimum Gasteiger partial charge on any atom is -0.456 e. The summed E-state index contributed by atoms with van der Waals surface area (Å²) >= 11 is 6.01. The van der Waals surface area contributed by atoms with Gasteiger partial charge in [0.05, 0.1) is 18.9 Å². The normalized spacial score (nSPS) is 10.2. The number of halogens is 2. The number of esters is 1. The Hall–Kier alpha value is -3.24. The van der Waals surface area contributed by atoms with Crippen molar-refractivity contribution in [3.8, 4) is 6.07 Å². The molecule has 0 saturated heterocycles. The fraction of sp³-hybridized carbons (Fsp3) is 0.273. The number of nitrogens with zero attached hydrogens (tertiary/aromatic N) is 2. The Labute approximate surface area is 178 Å². The van der Waals surface area contributed by atoms with Crippen LogP contribution in [0.5, 0.6) is 0 Å². The van der Waals surface area contributed by atoms with Crippen molar-refractivity contribution in [3.63, 3.8) is 0 Å². The number of nitriles is 1. The Morgan fingerprint density at radius 1 is 1.13 bits per heavy atom. The van der Waals surface area contributed by atoms with Crippen LogP contribution in [0.25, 0.3) is 0 Å². The van der Waals surface area contributed by atoms with E-state index in [-0.39, 0.29) is 31.6 Å². The van der Waals surface area contributed by atoms with Gasteiger partial charge < -0.3 is 9.64 Å². The molecule has 6 nitrogen and oxygen atoms in total. The quantitative estimate of drug-likeness (QED) is 0.438. The lowest BCUT2D eigenvalue weighted by Gasteiger charge is -2.22. The Balaban J connectivity index is 1.91. The third-order valence-corrected chi connectivity index (χ3v) is 4.70. The van der Waals surface area contributed by atoms with E-state index in [0.29, 0.717) is 16.3 Å². The van der Waals surface area contributed by atoms with Crippen LogP contribution < -0.4 is 4.90 Å². The van der Waals surface area contributed by atoms with Gasteiger partial charge in [0, 0.05) is 29.2 Å². The number of rotatable bonds is 9. The van der Waals surface area contributed by atoms with E-state index >= 15 is 0 Å². The van der Waals surface area contributed by atoms with Gasteiger partial charge in [-0.05, 0) is 55.0 Å². The molecule has 30 heavy (non-hydrogen) atoms. The molecule has 0 aromatic heterocycles. The van der Waals surface area contributed by atoms with Gasteiger partial charge in [-0.1, -0.05) is 11.6 Å². The zero-order chi connectivity index (χ0) is 22.1. The number of ketones is 1. The molecule has 0 spiro atoms. The van der Waals surface area contributed by atoms with Crippen LogP contribution in [-0.4, -0.2) is 30.8 Å². The van der Waals surface area contributed by atoms with Gasteiger partial charge in [0.15, 0.2) is 12.4 Å². The maximum atomic E-state index is 12.9. The highest BCUT2D eigenvalue weighted by atomic mass is 35.5. The fourth-order valence-electron chi connectivity index (χ4n) is 2.64. The van der Waals surface area contributed by atoms with Crippen LogP contribution in [0.1, 0.15) is 35.2 Å². The van der Waals surface area contributed by atoms with E-state index in [1.165, 1.54) is 29.2 Å². The van der Waals surface area contributed by atoms with E-state index in [1.54, 1.807) is 25.1 Å². The van der Waals surface area contributed by atoms with E-state index in [1.807, 2.05) is 6.07 Å². The number of carbonyl (C=O) groups excluding carboxylic acids is 3. The number of ether oxygens (including phenoxy) is 1. The van der Waals surface area contributed by atoms with Crippen LogP contribution in [0.3, 0.4) is 0 Å². The van der Waals surface area contributed by atoms with Gasteiger partial charge in [-0.25, -0.2) is 4.39 Å². The van der Waals surface area contributed by atoms with Gasteiger partial charge in [0.1, 0.15) is 5.82 Å². The Morgan fingerprint density at radius 3 is 2.47 bits per heavy atom. The van der Waals surface area contributed by atoms with Gasteiger partial charge in [0.2, 0.25) is 0 Å². The molecular weight excluding hydrogens is 411 g/mol. The molecule has 0 aliphatic heterocycles. The molecular formula is C22H20ClFN2O4. The van der Waals surface area contributed by atoms with Crippen molar-refractivity contribution < 1.29 is 23.5 Å². The van der Waals surface area contributed by atoms with Crippen LogP contribution >= 0.6 is 11.6 Å². The highest BCUT2D eigenvalue weighted by molar-refractivity contribution is 6.31. The lowest BCUT2D eigenvalue weighted by molar-refractivity contribution is -0.147. The fourth-order valence-corrected chi connectivity index (χ4v) is 2.76. The summed E-state index contributed by atoms with van der Waals surface area (Å²) in [5, 5.41) is 9.39. The second-order valence-corrected chi connectivity index (χ2v) is 6.88. The third kappa shape index (κ3) is 6.68. The minimum absolute atomic E-state index is 0.105. The Morgan fingerprint density at radius 2 is 1.83 bits per heavy atom. The first-order chi connectivity index (χ1) is 14.3. The molecule has 2 rings (SSSR count). The van der Waals surface area contributed by atoms with Gasteiger partial charge >= 0.3 is 5.97 Å². The zero-order valence-electron chi connectivity index (χ0n) is 16.4. The molecule has 0 atom stereocenters. The lowest BCUT2D eigenvalue weighted by atomic mass is 10.1. The average molecular weight is 431 g/mol. The van der Waals surface area contributed by atoms with Crippen molar-refractivity contribution >= 4 is 34.9 Å². The van der Waals surface area contributed by atoms with Crippen LogP contribution in [0, 0.1) is 24.1 Å². The molecule has 0 heterocycles. The topological polar surface area (TPSA) is 87.5 Å². The molecule has 1 amide bonds. The van der Waals surface area contributed by atoms with Crippen LogP contribution in [0.2, 0.25) is 5.02 Å². The summed E-state index contributed by atoms with van der Waals surface area (Å²) in [5.74, 6) is -1.98. The van der Waals surface area contributed by atoms with Crippen molar-refractivity contribution in [1.82, 2.24) is 0 Å². The summed E-state index contributed by atoms with van der Waals surface area (Å²) in [4.78, 5) is 37.9. The van der Waals surface area contributed by atoms with Crippen molar-refractivity contribution in [2.45, 2.75) is 26.2 Å². The molecule has 0 fully saturated rings. The second kappa shape index (κ2) is 11.1. The highest BCUT2D eigenvalue weighted by Crippen LogP contribution is 2.23. The zero-order valence-corrected chi connectivity index (χ0v) is 17.1. The molecule has 0 aliphatic carbocycles. The number of hydrogen-bond acceptors (Lipinski definition) is 5. The first-order valence-corrected chi connectivity index (χ1v) is 9.57. The smallest absolute Gasteiger partial charge is 0.306 e. The number of hydrogen-bond donors (Lipinski definition) is 0. The summed E-state index contributed by atoms with van der Waals surface area (Å²) in [6, 6.07) is 12.0. The Kier molecular flexibility index (Phi) is 8.51. The molecule has 0 saturated carbocycles. The maximum absolute atomic E-state index is 12.9. The van der Waals surface area contributed by atoms with Crippen molar-refractivity contribution in [2.75, 3.05) is 18.1 Å². The number of carbonyl (C=O) groups is 3.